The van der Waals surface area contributed by atoms with Gasteiger partial charge in [0.1, 0.15) is 6.04 Å². The van der Waals surface area contributed by atoms with Gasteiger partial charge in [-0.15, -0.1) is 0 Å². The van der Waals surface area contributed by atoms with Gasteiger partial charge in [-0.1, -0.05) is 48.5 Å². The van der Waals surface area contributed by atoms with Crippen molar-refractivity contribution in [3.63, 3.8) is 0 Å². The highest BCUT2D eigenvalue weighted by atomic mass is 16.5. The first kappa shape index (κ1) is 14.1. The summed E-state index contributed by atoms with van der Waals surface area (Å²) in [7, 11) is 0. The third-order valence-corrected chi connectivity index (χ3v) is 2.81. The predicted molar refractivity (Wildman–Crippen MR) is 77.6 cm³/mol. The van der Waals surface area contributed by atoms with Gasteiger partial charge in [0, 0.05) is 5.69 Å². The van der Waals surface area contributed by atoms with Crippen LogP contribution in [0.5, 0.6) is 0 Å². The van der Waals surface area contributed by atoms with Crippen molar-refractivity contribution in [3.05, 3.63) is 66.2 Å². The first-order valence-electron chi connectivity index (χ1n) is 6.42. The molecular weight excluding hydrogens is 254 g/mol. The Labute approximate surface area is 118 Å². The Kier molecular flexibility index (Phi) is 5.15. The summed E-state index contributed by atoms with van der Waals surface area (Å²) in [5, 5.41) is 12.1. The van der Waals surface area contributed by atoms with E-state index in [0.717, 1.165) is 11.3 Å². The van der Waals surface area contributed by atoms with E-state index in [9.17, 15) is 9.90 Å². The van der Waals surface area contributed by atoms with Crippen molar-refractivity contribution in [1.82, 2.24) is 0 Å². The van der Waals surface area contributed by atoms with Gasteiger partial charge < -0.3 is 15.2 Å². The van der Waals surface area contributed by atoms with Crippen LogP contribution in [0, 0.1) is 0 Å². The van der Waals surface area contributed by atoms with E-state index in [2.05, 4.69) is 5.32 Å². The lowest BCUT2D eigenvalue weighted by molar-refractivity contribution is -0.139. The van der Waals surface area contributed by atoms with E-state index in [1.54, 1.807) is 0 Å². The standard InChI is InChI=1S/C16H17NO3/c18-16(19)15(17-14-9-5-2-6-10-14)12-20-11-13-7-3-1-4-8-13/h1-10,15,17H,11-12H2,(H,18,19). The number of hydrogen-bond acceptors (Lipinski definition) is 3. The molecule has 104 valence electrons. The van der Waals surface area contributed by atoms with Crippen LogP contribution >= 0.6 is 0 Å². The molecule has 0 amide bonds. The van der Waals surface area contributed by atoms with E-state index in [1.807, 2.05) is 60.7 Å². The SMILES string of the molecule is O=C(O)C(COCc1ccccc1)Nc1ccccc1. The molecule has 4 nitrogen and oxygen atoms in total. The number of anilines is 1. The average molecular weight is 271 g/mol. The minimum absolute atomic E-state index is 0.110. The minimum atomic E-state index is -0.929. The Morgan fingerprint density at radius 2 is 1.65 bits per heavy atom. The summed E-state index contributed by atoms with van der Waals surface area (Å²) in [6.07, 6.45) is 0. The average Bonchev–Trinajstić information content (AvgIpc) is 2.48. The molecule has 2 N–H and O–H groups in total. The fourth-order valence-corrected chi connectivity index (χ4v) is 1.78. The summed E-state index contributed by atoms with van der Waals surface area (Å²) >= 11 is 0. The van der Waals surface area contributed by atoms with Gasteiger partial charge in [-0.3, -0.25) is 0 Å². The molecule has 4 heteroatoms. The summed E-state index contributed by atoms with van der Waals surface area (Å²) in [6.45, 7) is 0.514. The molecule has 0 bridgehead atoms. The number of rotatable bonds is 7. The number of carbonyl (C=O) groups is 1. The van der Waals surface area contributed by atoms with Crippen LogP contribution in [0.1, 0.15) is 5.56 Å². The van der Waals surface area contributed by atoms with E-state index in [0.29, 0.717) is 6.61 Å². The van der Waals surface area contributed by atoms with Gasteiger partial charge >= 0.3 is 5.97 Å². The molecule has 0 aliphatic heterocycles. The van der Waals surface area contributed by atoms with Crippen LogP contribution in [0.2, 0.25) is 0 Å². The van der Waals surface area contributed by atoms with Gasteiger partial charge in [-0.25, -0.2) is 4.79 Å². The molecule has 0 fully saturated rings. The van der Waals surface area contributed by atoms with Crippen LogP contribution in [0.15, 0.2) is 60.7 Å². The zero-order valence-corrected chi connectivity index (χ0v) is 11.0. The monoisotopic (exact) mass is 271 g/mol. The minimum Gasteiger partial charge on any atom is -0.480 e. The molecule has 1 atom stereocenters. The highest BCUT2D eigenvalue weighted by Gasteiger charge is 2.17. The first-order chi connectivity index (χ1) is 9.75. The van der Waals surface area contributed by atoms with Crippen LogP contribution in [-0.4, -0.2) is 23.7 Å². The molecule has 0 saturated heterocycles. The van der Waals surface area contributed by atoms with Crippen LogP contribution in [0.4, 0.5) is 5.69 Å². The second-order valence-electron chi connectivity index (χ2n) is 4.40. The summed E-state index contributed by atoms with van der Waals surface area (Å²) in [5.41, 5.74) is 1.79. The van der Waals surface area contributed by atoms with Crippen molar-refractivity contribution in [3.8, 4) is 0 Å². The molecule has 2 aromatic rings. The van der Waals surface area contributed by atoms with Crippen LogP contribution < -0.4 is 5.32 Å². The van der Waals surface area contributed by atoms with Crippen molar-refractivity contribution < 1.29 is 14.6 Å². The van der Waals surface area contributed by atoms with Crippen LogP contribution in [-0.2, 0) is 16.1 Å². The number of carboxylic acid groups (broad SMARTS) is 1. The zero-order chi connectivity index (χ0) is 14.2. The molecule has 2 aromatic carbocycles. The molecule has 0 aliphatic carbocycles. The Balaban J connectivity index is 1.85. The van der Waals surface area contributed by atoms with E-state index in [1.165, 1.54) is 0 Å². The van der Waals surface area contributed by atoms with E-state index in [4.69, 9.17) is 4.74 Å². The Bertz CT molecular complexity index is 528. The molecule has 2 rings (SSSR count). The number of carboxylic acids is 1. The van der Waals surface area contributed by atoms with Gasteiger partial charge in [0.05, 0.1) is 13.2 Å². The second kappa shape index (κ2) is 7.31. The van der Waals surface area contributed by atoms with Gasteiger partial charge in [0.15, 0.2) is 0 Å². The molecule has 0 radical (unpaired) electrons. The maximum Gasteiger partial charge on any atom is 0.328 e. The largest absolute Gasteiger partial charge is 0.480 e. The number of nitrogens with one attached hydrogen (secondary N) is 1. The van der Waals surface area contributed by atoms with Gasteiger partial charge in [-0.05, 0) is 17.7 Å². The molecule has 0 saturated carbocycles. The molecular formula is C16H17NO3. The van der Waals surface area contributed by atoms with Gasteiger partial charge in [0.25, 0.3) is 0 Å². The molecule has 1 unspecified atom stereocenters. The summed E-state index contributed by atoms with van der Waals surface area (Å²) in [4.78, 5) is 11.2. The smallest absolute Gasteiger partial charge is 0.328 e. The number of aliphatic carboxylic acids is 1. The maximum absolute atomic E-state index is 11.2. The lowest BCUT2D eigenvalue weighted by Crippen LogP contribution is -2.33. The highest BCUT2D eigenvalue weighted by molar-refractivity contribution is 5.77. The third-order valence-electron chi connectivity index (χ3n) is 2.81. The Morgan fingerprint density at radius 1 is 1.05 bits per heavy atom. The quantitative estimate of drug-likeness (QED) is 0.813. The summed E-state index contributed by atoms with van der Waals surface area (Å²) in [6, 6.07) is 18.2. The molecule has 0 spiro atoms. The van der Waals surface area contributed by atoms with Crippen molar-refractivity contribution in [1.29, 1.82) is 0 Å². The lowest BCUT2D eigenvalue weighted by atomic mass is 10.2. The first-order valence-corrected chi connectivity index (χ1v) is 6.42. The zero-order valence-electron chi connectivity index (χ0n) is 11.0. The normalized spacial score (nSPS) is 11.8. The maximum atomic E-state index is 11.2. The molecule has 0 aromatic heterocycles. The predicted octanol–water partition coefficient (Wildman–Crippen LogP) is 2.77. The van der Waals surface area contributed by atoms with Crippen LogP contribution in [0.3, 0.4) is 0 Å². The van der Waals surface area contributed by atoms with Crippen LogP contribution in [0.25, 0.3) is 0 Å². The Morgan fingerprint density at radius 3 is 2.25 bits per heavy atom. The summed E-state index contributed by atoms with van der Waals surface area (Å²) in [5.74, 6) is -0.929. The molecule has 20 heavy (non-hydrogen) atoms. The highest BCUT2D eigenvalue weighted by Crippen LogP contribution is 2.08. The third kappa shape index (κ3) is 4.40. The lowest BCUT2D eigenvalue weighted by Gasteiger charge is -2.16. The molecule has 0 heterocycles. The topological polar surface area (TPSA) is 58.6 Å². The fraction of sp³-hybridized carbons (Fsp3) is 0.188. The Hall–Kier alpha value is -2.33. The fourth-order valence-electron chi connectivity index (χ4n) is 1.78. The second-order valence-corrected chi connectivity index (χ2v) is 4.40. The van der Waals surface area contributed by atoms with Gasteiger partial charge in [0.2, 0.25) is 0 Å². The number of hydrogen-bond donors (Lipinski definition) is 2. The van der Waals surface area contributed by atoms with Crippen molar-refractivity contribution >= 4 is 11.7 Å². The number of para-hydroxylation sites is 1. The van der Waals surface area contributed by atoms with Gasteiger partial charge in [-0.2, -0.15) is 0 Å². The van der Waals surface area contributed by atoms with Crippen molar-refractivity contribution in [2.75, 3.05) is 11.9 Å². The van der Waals surface area contributed by atoms with Crippen molar-refractivity contribution in [2.24, 2.45) is 0 Å². The number of benzene rings is 2. The number of ether oxygens (including phenoxy) is 1. The summed E-state index contributed by atoms with van der Waals surface area (Å²) < 4.78 is 5.47. The van der Waals surface area contributed by atoms with E-state index >= 15 is 0 Å². The molecule has 0 aliphatic rings. The van der Waals surface area contributed by atoms with E-state index in [-0.39, 0.29) is 6.61 Å². The van der Waals surface area contributed by atoms with Crippen molar-refractivity contribution in [2.45, 2.75) is 12.6 Å². The van der Waals surface area contributed by atoms with E-state index < -0.39 is 12.0 Å².